The molecule has 6 N–H and O–H groups in total. The molecule has 2 aromatic rings. The Labute approximate surface area is 169 Å². The summed E-state index contributed by atoms with van der Waals surface area (Å²) in [5, 5.41) is 15.1. The molecule has 2 rings (SSSR count). The lowest BCUT2D eigenvalue weighted by molar-refractivity contribution is -0.137. The summed E-state index contributed by atoms with van der Waals surface area (Å²) in [4.78, 5) is 0. The number of allylic oxidation sites excluding steroid dienone is 1. The summed E-state index contributed by atoms with van der Waals surface area (Å²) in [5.41, 5.74) is 5.49. The van der Waals surface area contributed by atoms with Crippen molar-refractivity contribution in [2.45, 2.75) is 12.7 Å². The number of anilines is 1. The fourth-order valence-electron chi connectivity index (χ4n) is 2.26. The first-order chi connectivity index (χ1) is 13.1. The third-order valence-electron chi connectivity index (χ3n) is 3.69. The average Bonchev–Trinajstić information content (AvgIpc) is 2.64. The van der Waals surface area contributed by atoms with Gasteiger partial charge >= 0.3 is 6.18 Å². The second-order valence-corrected chi connectivity index (χ2v) is 6.49. The first-order valence-corrected chi connectivity index (χ1v) is 8.57. The van der Waals surface area contributed by atoms with E-state index in [1.165, 1.54) is 24.3 Å². The third kappa shape index (κ3) is 5.64. The number of alkyl halides is 3. The first kappa shape index (κ1) is 21.6. The molecule has 0 fully saturated rings. The molecular formula is C18H16Cl2F3N5. The SMILES string of the molecule is N=C(/C=C/C(N)=N/N)c1ccc(C(F)(F)F)cc1NCc1ccc(Cl)cc1Cl. The van der Waals surface area contributed by atoms with Gasteiger partial charge in [-0.3, -0.25) is 0 Å². The molecule has 0 saturated carbocycles. The van der Waals surface area contributed by atoms with Crippen LogP contribution in [0.3, 0.4) is 0 Å². The van der Waals surface area contributed by atoms with Crippen LogP contribution in [-0.2, 0) is 12.7 Å². The number of hydrazone groups is 1. The predicted octanol–water partition coefficient (Wildman–Crippen LogP) is 4.78. The van der Waals surface area contributed by atoms with Crippen LogP contribution in [0.25, 0.3) is 0 Å². The summed E-state index contributed by atoms with van der Waals surface area (Å²) in [6, 6.07) is 7.86. The molecule has 5 nitrogen and oxygen atoms in total. The van der Waals surface area contributed by atoms with Crippen LogP contribution in [0.4, 0.5) is 18.9 Å². The Morgan fingerprint density at radius 3 is 2.46 bits per heavy atom. The van der Waals surface area contributed by atoms with Crippen LogP contribution < -0.4 is 16.9 Å². The molecular weight excluding hydrogens is 414 g/mol. The number of hydrogen-bond donors (Lipinski definition) is 4. The highest BCUT2D eigenvalue weighted by Gasteiger charge is 2.31. The summed E-state index contributed by atoms with van der Waals surface area (Å²) < 4.78 is 39.3. The van der Waals surface area contributed by atoms with Crippen LogP contribution in [0.15, 0.2) is 53.7 Å². The van der Waals surface area contributed by atoms with E-state index in [-0.39, 0.29) is 29.3 Å². The lowest BCUT2D eigenvalue weighted by Gasteiger charge is -2.16. The van der Waals surface area contributed by atoms with E-state index in [4.69, 9.17) is 40.2 Å². The van der Waals surface area contributed by atoms with Gasteiger partial charge in [0.2, 0.25) is 0 Å². The van der Waals surface area contributed by atoms with Gasteiger partial charge in [0.15, 0.2) is 0 Å². The highest BCUT2D eigenvalue weighted by Crippen LogP contribution is 2.33. The van der Waals surface area contributed by atoms with Gasteiger partial charge < -0.3 is 22.3 Å². The average molecular weight is 430 g/mol. The van der Waals surface area contributed by atoms with E-state index in [0.717, 1.165) is 12.1 Å². The molecule has 148 valence electrons. The van der Waals surface area contributed by atoms with Crippen molar-refractivity contribution in [1.29, 1.82) is 5.41 Å². The third-order valence-corrected chi connectivity index (χ3v) is 4.28. The normalized spacial score (nSPS) is 12.4. The minimum Gasteiger partial charge on any atom is -0.382 e. The molecule has 0 bridgehead atoms. The molecule has 0 spiro atoms. The maximum Gasteiger partial charge on any atom is 0.416 e. The minimum atomic E-state index is -4.53. The predicted molar refractivity (Wildman–Crippen MR) is 107 cm³/mol. The number of rotatable bonds is 6. The lowest BCUT2D eigenvalue weighted by atomic mass is 10.0. The van der Waals surface area contributed by atoms with Gasteiger partial charge in [0.25, 0.3) is 0 Å². The molecule has 0 aliphatic heterocycles. The zero-order valence-electron chi connectivity index (χ0n) is 14.3. The van der Waals surface area contributed by atoms with Crippen LogP contribution in [0.1, 0.15) is 16.7 Å². The largest absolute Gasteiger partial charge is 0.416 e. The fourth-order valence-corrected chi connectivity index (χ4v) is 2.73. The molecule has 0 radical (unpaired) electrons. The zero-order chi connectivity index (χ0) is 20.9. The monoisotopic (exact) mass is 429 g/mol. The molecule has 0 aliphatic carbocycles. The van der Waals surface area contributed by atoms with Crippen LogP contribution in [0.5, 0.6) is 0 Å². The molecule has 0 atom stereocenters. The number of nitrogens with zero attached hydrogens (tertiary/aromatic N) is 1. The van der Waals surface area contributed by atoms with Crippen LogP contribution >= 0.6 is 23.2 Å². The molecule has 28 heavy (non-hydrogen) atoms. The van der Waals surface area contributed by atoms with Gasteiger partial charge in [0.05, 0.1) is 11.3 Å². The van der Waals surface area contributed by atoms with Gasteiger partial charge in [0, 0.05) is 27.8 Å². The Balaban J connectivity index is 2.37. The van der Waals surface area contributed by atoms with E-state index in [1.807, 2.05) is 0 Å². The molecule has 0 aromatic heterocycles. The van der Waals surface area contributed by atoms with Crippen molar-refractivity contribution in [1.82, 2.24) is 0 Å². The van der Waals surface area contributed by atoms with Gasteiger partial charge in [-0.1, -0.05) is 35.3 Å². The number of amidine groups is 1. The summed E-state index contributed by atoms with van der Waals surface area (Å²) in [6.07, 6.45) is -1.96. The number of nitrogens with one attached hydrogen (secondary N) is 2. The zero-order valence-corrected chi connectivity index (χ0v) is 15.8. The standard InChI is InChI=1S/C18H16Cl2F3N5/c19-12-3-1-10(14(20)8-12)9-27-16-7-11(18(21,22)23)2-4-13(16)15(24)5-6-17(25)28-26/h1-8,24,27H,9,26H2,(H2,25,28)/b6-5+,24-15?. The maximum atomic E-state index is 13.1. The number of benzene rings is 2. The van der Waals surface area contributed by atoms with Crippen molar-refractivity contribution in [2.24, 2.45) is 16.7 Å². The number of halogens is 5. The summed E-state index contributed by atoms with van der Waals surface area (Å²) in [5.74, 6) is 4.98. The minimum absolute atomic E-state index is 0.0286. The van der Waals surface area contributed by atoms with Gasteiger partial charge in [0.1, 0.15) is 5.84 Å². The van der Waals surface area contributed by atoms with Gasteiger partial charge in [-0.2, -0.15) is 18.3 Å². The molecule has 0 aliphatic rings. The second-order valence-electron chi connectivity index (χ2n) is 5.65. The molecule has 10 heteroatoms. The smallest absolute Gasteiger partial charge is 0.382 e. The van der Waals surface area contributed by atoms with E-state index in [9.17, 15) is 13.2 Å². The van der Waals surface area contributed by atoms with Crippen molar-refractivity contribution in [3.05, 3.63) is 75.3 Å². The van der Waals surface area contributed by atoms with Crippen LogP contribution in [-0.4, -0.2) is 11.5 Å². The highest BCUT2D eigenvalue weighted by atomic mass is 35.5. The number of nitrogens with two attached hydrogens (primary N) is 2. The van der Waals surface area contributed by atoms with Crippen molar-refractivity contribution in [3.63, 3.8) is 0 Å². The van der Waals surface area contributed by atoms with Crippen molar-refractivity contribution in [3.8, 4) is 0 Å². The van der Waals surface area contributed by atoms with Crippen molar-refractivity contribution in [2.75, 3.05) is 5.32 Å². The van der Waals surface area contributed by atoms with E-state index in [1.54, 1.807) is 12.1 Å². The van der Waals surface area contributed by atoms with Crippen molar-refractivity contribution < 1.29 is 13.2 Å². The summed E-state index contributed by atoms with van der Waals surface area (Å²) in [6.45, 7) is 0.133. The lowest BCUT2D eigenvalue weighted by Crippen LogP contribution is -2.12. The van der Waals surface area contributed by atoms with Gasteiger partial charge in [-0.25, -0.2) is 0 Å². The van der Waals surface area contributed by atoms with E-state index in [2.05, 4.69) is 10.4 Å². The highest BCUT2D eigenvalue weighted by molar-refractivity contribution is 6.35. The summed E-state index contributed by atoms with van der Waals surface area (Å²) >= 11 is 12.0. The Morgan fingerprint density at radius 1 is 1.14 bits per heavy atom. The number of hydrogen-bond acceptors (Lipinski definition) is 4. The van der Waals surface area contributed by atoms with E-state index >= 15 is 0 Å². The van der Waals surface area contributed by atoms with Crippen molar-refractivity contribution >= 4 is 40.4 Å². The Kier molecular flexibility index (Phi) is 6.93. The van der Waals surface area contributed by atoms with Gasteiger partial charge in [-0.05, 0) is 42.0 Å². The quantitative estimate of drug-likeness (QED) is 0.230. The maximum absolute atomic E-state index is 13.1. The molecule has 0 heterocycles. The van der Waals surface area contributed by atoms with Gasteiger partial charge in [-0.15, -0.1) is 0 Å². The Hall–Kier alpha value is -2.71. The first-order valence-electron chi connectivity index (χ1n) is 7.81. The molecule has 0 amide bonds. The Morgan fingerprint density at radius 2 is 1.86 bits per heavy atom. The molecule has 2 aromatic carbocycles. The fraction of sp³-hybridized carbons (Fsp3) is 0.111. The van der Waals surface area contributed by atoms with Crippen LogP contribution in [0.2, 0.25) is 10.0 Å². The second kappa shape index (κ2) is 8.99. The topological polar surface area (TPSA) is 100 Å². The van der Waals surface area contributed by atoms with E-state index < -0.39 is 11.7 Å². The van der Waals surface area contributed by atoms with E-state index in [0.29, 0.717) is 15.6 Å². The molecule has 0 saturated heterocycles. The summed E-state index contributed by atoms with van der Waals surface area (Å²) in [7, 11) is 0. The Bertz CT molecular complexity index is 939. The van der Waals surface area contributed by atoms with Crippen LogP contribution in [0, 0.1) is 5.41 Å². The molecule has 0 unspecified atom stereocenters.